The molecule has 1 aromatic heterocycles. The van der Waals surface area contributed by atoms with Crippen molar-refractivity contribution in [2.45, 2.75) is 6.42 Å². The zero-order chi connectivity index (χ0) is 19.0. The van der Waals surface area contributed by atoms with E-state index in [0.29, 0.717) is 32.0 Å². The van der Waals surface area contributed by atoms with Crippen molar-refractivity contribution in [1.29, 1.82) is 0 Å². The first-order valence-corrected chi connectivity index (χ1v) is 9.36. The Morgan fingerprint density at radius 2 is 1.74 bits per heavy atom. The molecule has 1 heterocycles. The number of aromatic nitrogens is 2. The number of hydrogen-bond donors (Lipinski definition) is 1. The molecule has 0 bridgehead atoms. The Morgan fingerprint density at radius 3 is 2.56 bits per heavy atom. The molecule has 0 fully saturated rings. The topological polar surface area (TPSA) is 45.8 Å². The maximum atomic E-state index is 12.6. The van der Waals surface area contributed by atoms with Crippen molar-refractivity contribution in [3.05, 3.63) is 86.9 Å². The van der Waals surface area contributed by atoms with E-state index in [0.717, 1.165) is 16.6 Å². The highest BCUT2D eigenvalue weighted by Crippen LogP contribution is 2.30. The Morgan fingerprint density at radius 1 is 0.926 bits per heavy atom. The lowest BCUT2D eigenvalue weighted by Crippen LogP contribution is -2.03. The van der Waals surface area contributed by atoms with Crippen LogP contribution in [0.2, 0.25) is 15.1 Å². The van der Waals surface area contributed by atoms with Gasteiger partial charge in [-0.1, -0.05) is 46.9 Å². The van der Waals surface area contributed by atoms with Crippen LogP contribution in [0.4, 0.5) is 0 Å². The number of fused-ring (bicyclic) bond motifs is 1. The molecule has 27 heavy (non-hydrogen) atoms. The molecule has 0 radical (unpaired) electrons. The van der Waals surface area contributed by atoms with Gasteiger partial charge in [0, 0.05) is 27.6 Å². The molecule has 0 atom stereocenters. The zero-order valence-corrected chi connectivity index (χ0v) is 16.2. The van der Waals surface area contributed by atoms with Crippen molar-refractivity contribution in [2.75, 3.05) is 0 Å². The molecule has 134 valence electrons. The molecule has 0 aliphatic carbocycles. The summed E-state index contributed by atoms with van der Waals surface area (Å²) in [7, 11) is 0. The van der Waals surface area contributed by atoms with E-state index in [1.807, 2.05) is 18.2 Å². The van der Waals surface area contributed by atoms with Crippen LogP contribution in [-0.2, 0) is 6.42 Å². The lowest BCUT2D eigenvalue weighted by atomic mass is 10.0. The Balaban J connectivity index is 1.66. The van der Waals surface area contributed by atoms with Gasteiger partial charge in [-0.05, 0) is 54.1 Å². The molecule has 0 aliphatic rings. The number of aromatic amines is 1. The maximum absolute atomic E-state index is 12.6. The first-order chi connectivity index (χ1) is 13.0. The second kappa shape index (κ2) is 7.35. The van der Waals surface area contributed by atoms with Gasteiger partial charge in [0.15, 0.2) is 5.78 Å². The van der Waals surface area contributed by atoms with E-state index >= 15 is 0 Å². The third-order valence-electron chi connectivity index (χ3n) is 4.24. The summed E-state index contributed by atoms with van der Waals surface area (Å²) in [5.41, 5.74) is 3.71. The number of imidazole rings is 1. The van der Waals surface area contributed by atoms with Crippen molar-refractivity contribution >= 4 is 51.6 Å². The average Bonchev–Trinajstić information content (AvgIpc) is 3.06. The molecule has 4 aromatic rings. The number of nitrogens with zero attached hydrogens (tertiary/aromatic N) is 1. The lowest BCUT2D eigenvalue weighted by molar-refractivity contribution is 0.0993. The number of hydrogen-bond acceptors (Lipinski definition) is 2. The van der Waals surface area contributed by atoms with Crippen LogP contribution in [0.1, 0.15) is 15.9 Å². The molecule has 4 rings (SSSR count). The normalized spacial score (nSPS) is 11.1. The number of Topliss-reactive ketones (excluding diaryl/α,β-unsaturated/α-hetero) is 1. The fourth-order valence-electron chi connectivity index (χ4n) is 2.92. The zero-order valence-electron chi connectivity index (χ0n) is 14.0. The Bertz CT molecular complexity index is 1170. The van der Waals surface area contributed by atoms with Crippen molar-refractivity contribution in [2.24, 2.45) is 0 Å². The van der Waals surface area contributed by atoms with E-state index < -0.39 is 0 Å². The second-order valence-corrected chi connectivity index (χ2v) is 7.45. The minimum absolute atomic E-state index is 0.0103. The minimum Gasteiger partial charge on any atom is -0.338 e. The van der Waals surface area contributed by atoms with E-state index in [2.05, 4.69) is 9.97 Å². The van der Waals surface area contributed by atoms with Crippen LogP contribution in [0.5, 0.6) is 0 Å². The van der Waals surface area contributed by atoms with E-state index in [1.165, 1.54) is 0 Å². The van der Waals surface area contributed by atoms with Crippen molar-refractivity contribution < 1.29 is 4.79 Å². The summed E-state index contributed by atoms with van der Waals surface area (Å²) in [6.45, 7) is 0. The highest BCUT2D eigenvalue weighted by atomic mass is 35.5. The number of halogens is 3. The lowest BCUT2D eigenvalue weighted by Gasteiger charge is -2.02. The van der Waals surface area contributed by atoms with Crippen LogP contribution in [0.15, 0.2) is 60.7 Å². The number of benzene rings is 3. The number of carbonyl (C=O) groups is 1. The SMILES string of the molecule is O=C(Cc1cccc(Cl)c1)c1ccc2nc(-c3cc(Cl)ccc3Cl)[nH]c2c1. The molecule has 0 unspecified atom stereocenters. The summed E-state index contributed by atoms with van der Waals surface area (Å²) < 4.78 is 0. The molecule has 1 N–H and O–H groups in total. The Labute approximate surface area is 170 Å². The molecule has 0 aliphatic heterocycles. The van der Waals surface area contributed by atoms with Crippen molar-refractivity contribution in [1.82, 2.24) is 9.97 Å². The fraction of sp³-hybridized carbons (Fsp3) is 0.0476. The van der Waals surface area contributed by atoms with Crippen LogP contribution in [0.25, 0.3) is 22.4 Å². The summed E-state index contributed by atoms with van der Waals surface area (Å²) >= 11 is 18.3. The molecule has 6 heteroatoms. The first-order valence-electron chi connectivity index (χ1n) is 8.22. The van der Waals surface area contributed by atoms with Gasteiger partial charge >= 0.3 is 0 Å². The minimum atomic E-state index is 0.0103. The first kappa shape index (κ1) is 18.1. The maximum Gasteiger partial charge on any atom is 0.167 e. The Kier molecular flexibility index (Phi) is 4.92. The summed E-state index contributed by atoms with van der Waals surface area (Å²) in [5, 5.41) is 1.75. The van der Waals surface area contributed by atoms with Gasteiger partial charge in [-0.15, -0.1) is 0 Å². The number of rotatable bonds is 4. The summed E-state index contributed by atoms with van der Waals surface area (Å²) in [4.78, 5) is 20.4. The van der Waals surface area contributed by atoms with Gasteiger partial charge in [0.25, 0.3) is 0 Å². The van der Waals surface area contributed by atoms with Gasteiger partial charge < -0.3 is 4.98 Å². The molecule has 0 spiro atoms. The van der Waals surface area contributed by atoms with Gasteiger partial charge in [-0.2, -0.15) is 0 Å². The van der Waals surface area contributed by atoms with Crippen molar-refractivity contribution in [3.63, 3.8) is 0 Å². The fourth-order valence-corrected chi connectivity index (χ4v) is 3.52. The van der Waals surface area contributed by atoms with E-state index in [1.54, 1.807) is 42.5 Å². The van der Waals surface area contributed by atoms with Gasteiger partial charge in [0.2, 0.25) is 0 Å². The predicted octanol–water partition coefficient (Wildman–Crippen LogP) is 6.62. The molecule has 3 nitrogen and oxygen atoms in total. The van der Waals surface area contributed by atoms with Crippen LogP contribution in [0.3, 0.4) is 0 Å². The number of nitrogens with one attached hydrogen (secondary N) is 1. The average molecular weight is 416 g/mol. The predicted molar refractivity (Wildman–Crippen MR) is 111 cm³/mol. The number of H-pyrrole nitrogens is 1. The number of carbonyl (C=O) groups excluding carboxylic acids is 1. The molecular weight excluding hydrogens is 403 g/mol. The van der Waals surface area contributed by atoms with Crippen LogP contribution in [-0.4, -0.2) is 15.8 Å². The molecule has 3 aromatic carbocycles. The second-order valence-electron chi connectivity index (χ2n) is 6.17. The van der Waals surface area contributed by atoms with Gasteiger partial charge in [-0.25, -0.2) is 4.98 Å². The molecule has 0 saturated heterocycles. The summed E-state index contributed by atoms with van der Waals surface area (Å²) in [6, 6.07) is 17.9. The summed E-state index contributed by atoms with van der Waals surface area (Å²) in [6.07, 6.45) is 0.285. The molecular formula is C21H13Cl3N2O. The standard InChI is InChI=1S/C21H13Cl3N2O/c22-14-3-1-2-12(8-14)9-20(27)13-4-7-18-19(10-13)26-21(25-18)16-11-15(23)5-6-17(16)24/h1-8,10-11H,9H2,(H,25,26). The van der Waals surface area contributed by atoms with Crippen LogP contribution in [0, 0.1) is 0 Å². The van der Waals surface area contributed by atoms with Gasteiger partial charge in [-0.3, -0.25) is 4.79 Å². The third kappa shape index (κ3) is 3.86. The highest BCUT2D eigenvalue weighted by Gasteiger charge is 2.13. The smallest absolute Gasteiger partial charge is 0.167 e. The largest absolute Gasteiger partial charge is 0.338 e. The number of ketones is 1. The van der Waals surface area contributed by atoms with E-state index in [9.17, 15) is 4.79 Å². The van der Waals surface area contributed by atoms with E-state index in [-0.39, 0.29) is 12.2 Å². The quantitative estimate of drug-likeness (QED) is 0.381. The monoisotopic (exact) mass is 414 g/mol. The van der Waals surface area contributed by atoms with Gasteiger partial charge in [0.05, 0.1) is 16.1 Å². The summed E-state index contributed by atoms with van der Waals surface area (Å²) in [5.74, 6) is 0.619. The highest BCUT2D eigenvalue weighted by molar-refractivity contribution is 6.35. The van der Waals surface area contributed by atoms with Crippen LogP contribution >= 0.6 is 34.8 Å². The third-order valence-corrected chi connectivity index (χ3v) is 5.04. The Hall–Kier alpha value is -2.33. The van der Waals surface area contributed by atoms with E-state index in [4.69, 9.17) is 34.8 Å². The van der Waals surface area contributed by atoms with Gasteiger partial charge in [0.1, 0.15) is 5.82 Å². The van der Waals surface area contributed by atoms with Crippen molar-refractivity contribution in [3.8, 4) is 11.4 Å². The molecule has 0 amide bonds. The molecule has 0 saturated carbocycles. The van der Waals surface area contributed by atoms with Crippen LogP contribution < -0.4 is 0 Å².